The number of H-pyrrole nitrogens is 1. The highest BCUT2D eigenvalue weighted by atomic mass is 19.4. The van der Waals surface area contributed by atoms with Crippen LogP contribution in [0.2, 0.25) is 0 Å². The van der Waals surface area contributed by atoms with Crippen LogP contribution in [0.4, 0.5) is 13.2 Å². The molecule has 0 amide bonds. The second-order valence-electron chi connectivity index (χ2n) is 8.31. The molecule has 3 aromatic heterocycles. The zero-order chi connectivity index (χ0) is 23.9. The SMILES string of the molecule is Cc1cccc(-c2[nH]c(Cc3cccc(C(F)(F)F)c3)nc2-c2ccc3nc(C)ccc3c2)n1. The van der Waals surface area contributed by atoms with Crippen LogP contribution in [0.1, 0.15) is 28.3 Å². The maximum atomic E-state index is 13.2. The van der Waals surface area contributed by atoms with Crippen molar-refractivity contribution in [2.75, 3.05) is 0 Å². The molecule has 0 fully saturated rings. The van der Waals surface area contributed by atoms with E-state index in [1.165, 1.54) is 6.07 Å². The van der Waals surface area contributed by atoms with E-state index in [2.05, 4.69) is 15.0 Å². The van der Waals surface area contributed by atoms with Crippen molar-refractivity contribution in [3.05, 3.63) is 101 Å². The maximum Gasteiger partial charge on any atom is 0.416 e. The molecule has 5 aromatic rings. The monoisotopic (exact) mass is 458 g/mol. The number of nitrogens with one attached hydrogen (secondary N) is 1. The molecule has 0 aliphatic rings. The highest BCUT2D eigenvalue weighted by Crippen LogP contribution is 2.33. The first-order valence-electron chi connectivity index (χ1n) is 10.8. The lowest BCUT2D eigenvalue weighted by Gasteiger charge is -2.07. The maximum absolute atomic E-state index is 13.2. The van der Waals surface area contributed by atoms with E-state index in [1.54, 1.807) is 6.07 Å². The first-order valence-corrected chi connectivity index (χ1v) is 10.8. The summed E-state index contributed by atoms with van der Waals surface area (Å²) in [6, 6.07) is 21.0. The lowest BCUT2D eigenvalue weighted by molar-refractivity contribution is -0.137. The van der Waals surface area contributed by atoms with Crippen LogP contribution in [0.5, 0.6) is 0 Å². The third kappa shape index (κ3) is 4.41. The summed E-state index contributed by atoms with van der Waals surface area (Å²) in [4.78, 5) is 17.3. The van der Waals surface area contributed by atoms with E-state index in [4.69, 9.17) is 4.98 Å². The van der Waals surface area contributed by atoms with Crippen molar-refractivity contribution < 1.29 is 13.2 Å². The number of pyridine rings is 2. The number of alkyl halides is 3. The number of benzene rings is 2. The van der Waals surface area contributed by atoms with Crippen LogP contribution in [0, 0.1) is 13.8 Å². The molecule has 4 nitrogen and oxygen atoms in total. The molecule has 0 unspecified atom stereocenters. The Bertz CT molecular complexity index is 1500. The van der Waals surface area contributed by atoms with E-state index < -0.39 is 11.7 Å². The number of hydrogen-bond donors (Lipinski definition) is 1. The number of aromatic amines is 1. The van der Waals surface area contributed by atoms with E-state index in [9.17, 15) is 13.2 Å². The van der Waals surface area contributed by atoms with Crippen molar-refractivity contribution in [3.8, 4) is 22.6 Å². The summed E-state index contributed by atoms with van der Waals surface area (Å²) < 4.78 is 39.5. The quantitative estimate of drug-likeness (QED) is 0.318. The van der Waals surface area contributed by atoms with Gasteiger partial charge in [0.05, 0.1) is 28.2 Å². The van der Waals surface area contributed by atoms with Crippen molar-refractivity contribution in [1.82, 2.24) is 19.9 Å². The van der Waals surface area contributed by atoms with Gasteiger partial charge in [0, 0.05) is 28.8 Å². The summed E-state index contributed by atoms with van der Waals surface area (Å²) in [6.07, 6.45) is -4.16. The zero-order valence-corrected chi connectivity index (χ0v) is 18.6. The van der Waals surface area contributed by atoms with Crippen LogP contribution < -0.4 is 0 Å². The van der Waals surface area contributed by atoms with E-state index >= 15 is 0 Å². The second-order valence-corrected chi connectivity index (χ2v) is 8.31. The molecule has 0 atom stereocenters. The van der Waals surface area contributed by atoms with E-state index in [0.29, 0.717) is 17.1 Å². The summed E-state index contributed by atoms with van der Waals surface area (Å²) >= 11 is 0. The molecule has 2 aromatic carbocycles. The minimum absolute atomic E-state index is 0.233. The molecular formula is C27H21F3N4. The molecule has 0 aliphatic heterocycles. The number of nitrogens with zero attached hydrogens (tertiary/aromatic N) is 3. The van der Waals surface area contributed by atoms with Gasteiger partial charge in [0.2, 0.25) is 0 Å². The van der Waals surface area contributed by atoms with Gasteiger partial charge >= 0.3 is 6.18 Å². The minimum Gasteiger partial charge on any atom is -0.340 e. The molecule has 34 heavy (non-hydrogen) atoms. The Morgan fingerprint density at radius 1 is 0.794 bits per heavy atom. The molecule has 5 rings (SSSR count). The van der Waals surface area contributed by atoms with Gasteiger partial charge in [-0.2, -0.15) is 13.2 Å². The molecule has 0 bridgehead atoms. The predicted octanol–water partition coefficient (Wildman–Crippen LogP) is 6.91. The van der Waals surface area contributed by atoms with E-state index in [1.807, 2.05) is 62.4 Å². The minimum atomic E-state index is -4.39. The third-order valence-corrected chi connectivity index (χ3v) is 5.63. The van der Waals surface area contributed by atoms with Gasteiger partial charge in [0.1, 0.15) is 5.82 Å². The molecule has 0 radical (unpaired) electrons. The summed E-state index contributed by atoms with van der Waals surface area (Å²) in [7, 11) is 0. The average molecular weight is 458 g/mol. The first-order chi connectivity index (χ1) is 16.3. The van der Waals surface area contributed by atoms with Gasteiger partial charge in [0.15, 0.2) is 0 Å². The third-order valence-electron chi connectivity index (χ3n) is 5.63. The lowest BCUT2D eigenvalue weighted by atomic mass is 10.0. The Kier molecular flexibility index (Phi) is 5.40. The van der Waals surface area contributed by atoms with Gasteiger partial charge in [0.25, 0.3) is 0 Å². The number of hydrogen-bond acceptors (Lipinski definition) is 3. The van der Waals surface area contributed by atoms with Gasteiger partial charge < -0.3 is 4.98 Å². The molecule has 7 heteroatoms. The Hall–Kier alpha value is -4.00. The largest absolute Gasteiger partial charge is 0.416 e. The average Bonchev–Trinajstić information content (AvgIpc) is 3.22. The number of halogens is 3. The first kappa shape index (κ1) is 21.8. The molecule has 3 heterocycles. The molecule has 1 N–H and O–H groups in total. The smallest absolute Gasteiger partial charge is 0.340 e. The summed E-state index contributed by atoms with van der Waals surface area (Å²) in [6.45, 7) is 3.86. The normalized spacial score (nSPS) is 11.8. The second kappa shape index (κ2) is 8.41. The van der Waals surface area contributed by atoms with Gasteiger partial charge in [-0.3, -0.25) is 9.97 Å². The van der Waals surface area contributed by atoms with Crippen molar-refractivity contribution in [2.24, 2.45) is 0 Å². The molecular weight excluding hydrogens is 437 g/mol. The Morgan fingerprint density at radius 2 is 1.59 bits per heavy atom. The topological polar surface area (TPSA) is 54.5 Å². The summed E-state index contributed by atoms with van der Waals surface area (Å²) in [5.74, 6) is 0.565. The van der Waals surface area contributed by atoms with Crippen LogP contribution in [-0.2, 0) is 12.6 Å². The van der Waals surface area contributed by atoms with Crippen LogP contribution >= 0.6 is 0 Å². The standard InChI is InChI=1S/C27H21F3N4/c1-16-5-3-8-23(32-16)26-25(20-11-12-22-19(15-20)10-9-17(2)31-22)33-24(34-26)14-18-6-4-7-21(13-18)27(28,29)30/h3-13,15H,14H2,1-2H3,(H,33,34). The van der Waals surface area contributed by atoms with Gasteiger partial charge in [-0.05, 0) is 55.8 Å². The van der Waals surface area contributed by atoms with Crippen LogP contribution in [0.15, 0.2) is 72.8 Å². The number of imidazole rings is 1. The van der Waals surface area contributed by atoms with Crippen molar-refractivity contribution in [2.45, 2.75) is 26.4 Å². The fraction of sp³-hybridized carbons (Fsp3) is 0.148. The number of aromatic nitrogens is 4. The summed E-state index contributed by atoms with van der Waals surface area (Å²) in [5.41, 5.74) is 5.56. The zero-order valence-electron chi connectivity index (χ0n) is 18.6. The molecule has 0 aliphatic carbocycles. The van der Waals surface area contributed by atoms with Gasteiger partial charge in [-0.15, -0.1) is 0 Å². The van der Waals surface area contributed by atoms with Crippen molar-refractivity contribution >= 4 is 10.9 Å². The highest BCUT2D eigenvalue weighted by Gasteiger charge is 2.30. The van der Waals surface area contributed by atoms with Crippen molar-refractivity contribution in [1.29, 1.82) is 0 Å². The van der Waals surface area contributed by atoms with Gasteiger partial charge in [-0.25, -0.2) is 4.98 Å². The van der Waals surface area contributed by atoms with E-state index in [-0.39, 0.29) is 6.42 Å². The van der Waals surface area contributed by atoms with Gasteiger partial charge in [-0.1, -0.05) is 36.4 Å². The van der Waals surface area contributed by atoms with Crippen LogP contribution in [0.25, 0.3) is 33.5 Å². The Labute approximate surface area is 194 Å². The number of fused-ring (bicyclic) bond motifs is 1. The summed E-state index contributed by atoms with van der Waals surface area (Å²) in [5, 5.41) is 0.980. The van der Waals surface area contributed by atoms with Crippen LogP contribution in [0.3, 0.4) is 0 Å². The Morgan fingerprint density at radius 3 is 2.38 bits per heavy atom. The van der Waals surface area contributed by atoms with Crippen molar-refractivity contribution in [3.63, 3.8) is 0 Å². The number of aryl methyl sites for hydroxylation is 2. The molecule has 0 saturated heterocycles. The predicted molar refractivity (Wildman–Crippen MR) is 126 cm³/mol. The molecule has 170 valence electrons. The van der Waals surface area contributed by atoms with E-state index in [0.717, 1.165) is 51.4 Å². The Balaban J connectivity index is 1.60. The fourth-order valence-corrected chi connectivity index (χ4v) is 4.01. The van der Waals surface area contributed by atoms with Crippen LogP contribution in [-0.4, -0.2) is 19.9 Å². The molecule has 0 spiro atoms. The lowest BCUT2D eigenvalue weighted by Crippen LogP contribution is -2.05. The fourth-order valence-electron chi connectivity index (χ4n) is 4.01. The molecule has 0 saturated carbocycles. The number of rotatable bonds is 4. The highest BCUT2D eigenvalue weighted by molar-refractivity contribution is 5.87.